The minimum absolute atomic E-state index is 0.266. The van der Waals surface area contributed by atoms with E-state index >= 15 is 0 Å². The minimum Gasteiger partial charge on any atom is -0.469 e. The lowest BCUT2D eigenvalue weighted by atomic mass is 10.2. The third kappa shape index (κ3) is 1.14. The van der Waals surface area contributed by atoms with Crippen molar-refractivity contribution in [3.63, 3.8) is 0 Å². The number of ether oxygens (including phenoxy) is 1. The van der Waals surface area contributed by atoms with E-state index in [4.69, 9.17) is 4.74 Å². The predicted molar refractivity (Wildman–Crippen MR) is 53.0 cm³/mol. The van der Waals surface area contributed by atoms with Gasteiger partial charge in [0.25, 0.3) is 0 Å². The van der Waals surface area contributed by atoms with Crippen LogP contribution >= 0.6 is 0 Å². The fourth-order valence-electron chi connectivity index (χ4n) is 1.42. The van der Waals surface area contributed by atoms with E-state index in [0.29, 0.717) is 5.75 Å². The van der Waals surface area contributed by atoms with E-state index < -0.39 is 15.3 Å². The first-order chi connectivity index (χ1) is 6.55. The highest BCUT2D eigenvalue weighted by Gasteiger charge is 2.36. The molecular formula is C10H10O3S. The standard InChI is InChI=1S/C10H10O3S/c1-3-10-13-8-5-4-7(2)6-9(8)14(10,11)12/h3-6,10H,1H2,2H3. The van der Waals surface area contributed by atoms with Crippen LogP contribution < -0.4 is 4.74 Å². The zero-order chi connectivity index (χ0) is 10.3. The van der Waals surface area contributed by atoms with Crippen LogP contribution in [0.2, 0.25) is 0 Å². The van der Waals surface area contributed by atoms with Gasteiger partial charge in [0.1, 0.15) is 10.6 Å². The van der Waals surface area contributed by atoms with Gasteiger partial charge in [-0.05, 0) is 30.7 Å². The molecule has 0 N–H and O–H groups in total. The summed E-state index contributed by atoms with van der Waals surface area (Å²) in [5, 5.41) is 0. The van der Waals surface area contributed by atoms with Gasteiger partial charge in [-0.2, -0.15) is 0 Å². The summed E-state index contributed by atoms with van der Waals surface area (Å²) in [6, 6.07) is 5.11. The van der Waals surface area contributed by atoms with Crippen LogP contribution in [0, 0.1) is 6.92 Å². The maximum absolute atomic E-state index is 11.8. The number of hydrogen-bond acceptors (Lipinski definition) is 3. The largest absolute Gasteiger partial charge is 0.469 e. The van der Waals surface area contributed by atoms with Crippen LogP contribution in [0.15, 0.2) is 35.7 Å². The number of fused-ring (bicyclic) bond motifs is 1. The van der Waals surface area contributed by atoms with E-state index in [1.807, 2.05) is 13.0 Å². The molecule has 0 spiro atoms. The van der Waals surface area contributed by atoms with Gasteiger partial charge in [0.05, 0.1) is 0 Å². The average molecular weight is 210 g/mol. The second-order valence-corrected chi connectivity index (χ2v) is 5.21. The molecule has 1 aliphatic rings. The molecule has 2 rings (SSSR count). The third-order valence-corrected chi connectivity index (χ3v) is 3.98. The summed E-state index contributed by atoms with van der Waals surface area (Å²) < 4.78 is 28.8. The SMILES string of the molecule is C=CC1Oc2ccc(C)cc2S1(=O)=O. The Morgan fingerprint density at radius 1 is 1.50 bits per heavy atom. The van der Waals surface area contributed by atoms with Gasteiger partial charge < -0.3 is 4.74 Å². The maximum Gasteiger partial charge on any atom is 0.223 e. The zero-order valence-electron chi connectivity index (χ0n) is 7.73. The summed E-state index contributed by atoms with van der Waals surface area (Å²) in [4.78, 5) is 0.266. The Labute approximate surface area is 82.9 Å². The van der Waals surface area contributed by atoms with Gasteiger partial charge in [-0.15, -0.1) is 0 Å². The molecule has 1 unspecified atom stereocenters. The Hall–Kier alpha value is -1.29. The molecule has 0 aliphatic carbocycles. The van der Waals surface area contributed by atoms with E-state index in [0.717, 1.165) is 5.56 Å². The Balaban J connectivity index is 2.67. The molecule has 1 heterocycles. The molecule has 4 heteroatoms. The van der Waals surface area contributed by atoms with Crippen LogP contribution in [0.4, 0.5) is 0 Å². The molecule has 0 saturated carbocycles. The van der Waals surface area contributed by atoms with Crippen molar-refractivity contribution in [3.8, 4) is 5.75 Å². The normalized spacial score (nSPS) is 22.5. The molecule has 3 nitrogen and oxygen atoms in total. The number of hydrogen-bond donors (Lipinski definition) is 0. The van der Waals surface area contributed by atoms with E-state index in [2.05, 4.69) is 6.58 Å². The first kappa shape index (κ1) is 9.27. The number of benzene rings is 1. The van der Waals surface area contributed by atoms with E-state index in [9.17, 15) is 8.42 Å². The van der Waals surface area contributed by atoms with E-state index in [1.165, 1.54) is 6.08 Å². The molecule has 0 radical (unpaired) electrons. The molecule has 14 heavy (non-hydrogen) atoms. The molecule has 74 valence electrons. The molecule has 1 aliphatic heterocycles. The van der Waals surface area contributed by atoms with Crippen molar-refractivity contribution in [1.82, 2.24) is 0 Å². The maximum atomic E-state index is 11.8. The second-order valence-electron chi connectivity index (χ2n) is 3.22. The van der Waals surface area contributed by atoms with Crippen molar-refractivity contribution in [3.05, 3.63) is 36.4 Å². The Bertz CT molecular complexity index is 488. The summed E-state index contributed by atoms with van der Waals surface area (Å²) in [6.45, 7) is 5.28. The fraction of sp³-hybridized carbons (Fsp3) is 0.200. The van der Waals surface area contributed by atoms with Gasteiger partial charge in [-0.25, -0.2) is 8.42 Å². The van der Waals surface area contributed by atoms with Crippen LogP contribution in [0.1, 0.15) is 5.56 Å². The smallest absolute Gasteiger partial charge is 0.223 e. The molecule has 0 fully saturated rings. The first-order valence-corrected chi connectivity index (χ1v) is 5.74. The molecule has 1 atom stereocenters. The average Bonchev–Trinajstić information content (AvgIpc) is 2.38. The third-order valence-electron chi connectivity index (χ3n) is 2.15. The van der Waals surface area contributed by atoms with Gasteiger partial charge in [0.15, 0.2) is 0 Å². The molecule has 0 saturated heterocycles. The molecule has 1 aromatic rings. The number of rotatable bonds is 1. The monoisotopic (exact) mass is 210 g/mol. The topological polar surface area (TPSA) is 43.4 Å². The van der Waals surface area contributed by atoms with Crippen LogP contribution in [0.5, 0.6) is 5.75 Å². The Morgan fingerprint density at radius 3 is 2.86 bits per heavy atom. The summed E-state index contributed by atoms with van der Waals surface area (Å²) in [5.74, 6) is 0.417. The van der Waals surface area contributed by atoms with Crippen molar-refractivity contribution in [2.24, 2.45) is 0 Å². The van der Waals surface area contributed by atoms with Crippen LogP contribution in [-0.2, 0) is 9.84 Å². The van der Waals surface area contributed by atoms with Gasteiger partial charge in [0.2, 0.25) is 15.3 Å². The van der Waals surface area contributed by atoms with Gasteiger partial charge >= 0.3 is 0 Å². The molecule has 0 amide bonds. The predicted octanol–water partition coefficient (Wildman–Crippen LogP) is 1.67. The summed E-state index contributed by atoms with van der Waals surface area (Å²) in [5.41, 5.74) is -0.0278. The van der Waals surface area contributed by atoms with Crippen molar-refractivity contribution in [2.45, 2.75) is 17.3 Å². The number of aryl methyl sites for hydroxylation is 1. The lowest BCUT2D eigenvalue weighted by Crippen LogP contribution is -2.17. The quantitative estimate of drug-likeness (QED) is 0.662. The van der Waals surface area contributed by atoms with Crippen LogP contribution in [0.25, 0.3) is 0 Å². The van der Waals surface area contributed by atoms with Crippen LogP contribution in [0.3, 0.4) is 0 Å². The highest BCUT2D eigenvalue weighted by atomic mass is 32.2. The Morgan fingerprint density at radius 2 is 2.21 bits per heavy atom. The molecule has 1 aromatic carbocycles. The first-order valence-electron chi connectivity index (χ1n) is 4.19. The highest BCUT2D eigenvalue weighted by molar-refractivity contribution is 7.92. The fourth-order valence-corrected chi connectivity index (χ4v) is 2.90. The molecule has 0 bridgehead atoms. The van der Waals surface area contributed by atoms with E-state index in [1.54, 1.807) is 12.1 Å². The van der Waals surface area contributed by atoms with Crippen molar-refractivity contribution in [2.75, 3.05) is 0 Å². The summed E-state index contributed by atoms with van der Waals surface area (Å²) in [7, 11) is -3.36. The number of sulfone groups is 1. The van der Waals surface area contributed by atoms with Crippen molar-refractivity contribution >= 4 is 9.84 Å². The second kappa shape index (κ2) is 2.85. The molecule has 0 aromatic heterocycles. The van der Waals surface area contributed by atoms with Crippen LogP contribution in [-0.4, -0.2) is 13.9 Å². The molecular weight excluding hydrogens is 200 g/mol. The lowest BCUT2D eigenvalue weighted by Gasteiger charge is -2.01. The van der Waals surface area contributed by atoms with Crippen molar-refractivity contribution < 1.29 is 13.2 Å². The summed E-state index contributed by atoms with van der Waals surface area (Å²) in [6.07, 6.45) is 1.30. The minimum atomic E-state index is -3.36. The van der Waals surface area contributed by atoms with Gasteiger partial charge in [-0.1, -0.05) is 12.6 Å². The summed E-state index contributed by atoms with van der Waals surface area (Å²) >= 11 is 0. The highest BCUT2D eigenvalue weighted by Crippen LogP contribution is 2.36. The van der Waals surface area contributed by atoms with Crippen molar-refractivity contribution in [1.29, 1.82) is 0 Å². The zero-order valence-corrected chi connectivity index (χ0v) is 8.54. The Kier molecular flexibility index (Phi) is 1.89. The lowest BCUT2D eigenvalue weighted by molar-refractivity contribution is 0.330. The van der Waals surface area contributed by atoms with E-state index in [-0.39, 0.29) is 4.90 Å². The van der Waals surface area contributed by atoms with Gasteiger partial charge in [-0.3, -0.25) is 0 Å². The van der Waals surface area contributed by atoms with Gasteiger partial charge in [0, 0.05) is 0 Å².